The zero-order chi connectivity index (χ0) is 16.6. The normalized spacial score (nSPS) is 30.0. The van der Waals surface area contributed by atoms with Gasteiger partial charge in [0, 0.05) is 24.2 Å². The molecule has 128 valence electrons. The number of aliphatic hydroxyl groups excluding tert-OH is 2. The fourth-order valence-corrected chi connectivity index (χ4v) is 3.53. The molecule has 0 unspecified atom stereocenters. The molecule has 0 spiro atoms. The number of aliphatic hydroxyl groups is 2. The molecule has 3 rings (SSSR count). The third-order valence-corrected chi connectivity index (χ3v) is 4.77. The summed E-state index contributed by atoms with van der Waals surface area (Å²) in [6.45, 7) is 3.09. The standard InChI is InChI=1S/C15H23N3O5/c1-9-7-18(15(22)16-14(9)21)12-6-10(17-4-2-3-5-17)13(23-12)11(20)8-19/h7,10-13,19-20H,2-6,8H2,1H3,(H,16,21,22)/t10-,11+,12+,13-/m0/s1. The summed E-state index contributed by atoms with van der Waals surface area (Å²) in [7, 11) is 0. The van der Waals surface area contributed by atoms with Gasteiger partial charge >= 0.3 is 5.69 Å². The molecular formula is C15H23N3O5. The van der Waals surface area contributed by atoms with E-state index in [4.69, 9.17) is 4.74 Å². The summed E-state index contributed by atoms with van der Waals surface area (Å²) in [6.07, 6.45) is 2.11. The average Bonchev–Trinajstić information content (AvgIpc) is 3.18. The van der Waals surface area contributed by atoms with Crippen LogP contribution in [0.2, 0.25) is 0 Å². The Balaban J connectivity index is 1.89. The Labute approximate surface area is 133 Å². The van der Waals surface area contributed by atoms with Crippen molar-refractivity contribution in [2.75, 3.05) is 19.7 Å². The number of aromatic amines is 1. The van der Waals surface area contributed by atoms with Gasteiger partial charge in [0.25, 0.3) is 5.56 Å². The van der Waals surface area contributed by atoms with E-state index in [0.717, 1.165) is 25.9 Å². The number of nitrogens with zero attached hydrogens (tertiary/aromatic N) is 2. The van der Waals surface area contributed by atoms with Gasteiger partial charge in [0.2, 0.25) is 0 Å². The van der Waals surface area contributed by atoms with E-state index in [1.54, 1.807) is 6.92 Å². The highest BCUT2D eigenvalue weighted by Crippen LogP contribution is 2.34. The number of nitrogens with one attached hydrogen (secondary N) is 1. The molecule has 3 heterocycles. The van der Waals surface area contributed by atoms with Crippen molar-refractivity contribution in [2.24, 2.45) is 0 Å². The number of aromatic nitrogens is 2. The molecule has 0 aromatic carbocycles. The number of hydrogen-bond donors (Lipinski definition) is 3. The highest BCUT2D eigenvalue weighted by atomic mass is 16.5. The molecule has 8 nitrogen and oxygen atoms in total. The molecule has 1 aromatic heterocycles. The molecule has 3 N–H and O–H groups in total. The van der Waals surface area contributed by atoms with Crippen LogP contribution in [0.3, 0.4) is 0 Å². The fourth-order valence-electron chi connectivity index (χ4n) is 3.53. The first kappa shape index (κ1) is 16.4. The summed E-state index contributed by atoms with van der Waals surface area (Å²) < 4.78 is 7.26. The van der Waals surface area contributed by atoms with Gasteiger partial charge < -0.3 is 14.9 Å². The predicted molar refractivity (Wildman–Crippen MR) is 82.3 cm³/mol. The minimum atomic E-state index is -0.995. The molecule has 0 saturated carbocycles. The minimum Gasteiger partial charge on any atom is -0.394 e. The van der Waals surface area contributed by atoms with E-state index < -0.39 is 29.7 Å². The van der Waals surface area contributed by atoms with Gasteiger partial charge in [0.1, 0.15) is 18.4 Å². The van der Waals surface area contributed by atoms with Crippen LogP contribution in [0, 0.1) is 6.92 Å². The molecule has 8 heteroatoms. The summed E-state index contributed by atoms with van der Waals surface area (Å²) in [5.74, 6) is 0. The predicted octanol–water partition coefficient (Wildman–Crippen LogP) is -1.05. The lowest BCUT2D eigenvalue weighted by molar-refractivity contribution is -0.0882. The molecule has 0 amide bonds. The smallest absolute Gasteiger partial charge is 0.330 e. The van der Waals surface area contributed by atoms with Crippen LogP contribution in [-0.4, -0.2) is 62.6 Å². The van der Waals surface area contributed by atoms with Gasteiger partial charge in [-0.3, -0.25) is 19.2 Å². The lowest BCUT2D eigenvalue weighted by Crippen LogP contribution is -2.46. The maximum absolute atomic E-state index is 12.1. The molecule has 23 heavy (non-hydrogen) atoms. The lowest BCUT2D eigenvalue weighted by atomic mass is 10.0. The first-order chi connectivity index (χ1) is 11.0. The molecule has 4 atom stereocenters. The van der Waals surface area contributed by atoms with Crippen LogP contribution in [0.25, 0.3) is 0 Å². The van der Waals surface area contributed by atoms with Crippen LogP contribution in [-0.2, 0) is 4.74 Å². The van der Waals surface area contributed by atoms with E-state index in [2.05, 4.69) is 9.88 Å². The largest absolute Gasteiger partial charge is 0.394 e. The topological polar surface area (TPSA) is 108 Å². The Morgan fingerprint density at radius 3 is 2.74 bits per heavy atom. The third-order valence-electron chi connectivity index (χ3n) is 4.77. The van der Waals surface area contributed by atoms with Crippen LogP contribution >= 0.6 is 0 Å². The maximum Gasteiger partial charge on any atom is 0.330 e. The molecule has 2 aliphatic rings. The van der Waals surface area contributed by atoms with Gasteiger partial charge in [-0.05, 0) is 32.9 Å². The Bertz CT molecular complexity index is 664. The van der Waals surface area contributed by atoms with Crippen molar-refractivity contribution < 1.29 is 14.9 Å². The molecule has 0 bridgehead atoms. The van der Waals surface area contributed by atoms with Crippen LogP contribution in [0.5, 0.6) is 0 Å². The number of H-pyrrole nitrogens is 1. The van der Waals surface area contributed by atoms with Gasteiger partial charge in [-0.2, -0.15) is 0 Å². The second-order valence-electron chi connectivity index (χ2n) is 6.33. The molecule has 2 saturated heterocycles. The van der Waals surface area contributed by atoms with Crippen molar-refractivity contribution in [2.45, 2.75) is 50.7 Å². The number of ether oxygens (including phenoxy) is 1. The lowest BCUT2D eigenvalue weighted by Gasteiger charge is -2.29. The highest BCUT2D eigenvalue weighted by molar-refractivity contribution is 5.03. The zero-order valence-corrected chi connectivity index (χ0v) is 13.1. The Morgan fingerprint density at radius 1 is 1.39 bits per heavy atom. The van der Waals surface area contributed by atoms with Crippen molar-refractivity contribution in [1.82, 2.24) is 14.5 Å². The van der Waals surface area contributed by atoms with Crippen LogP contribution in [0.1, 0.15) is 31.1 Å². The van der Waals surface area contributed by atoms with Crippen molar-refractivity contribution in [3.8, 4) is 0 Å². The highest BCUT2D eigenvalue weighted by Gasteiger charge is 2.43. The first-order valence-electron chi connectivity index (χ1n) is 8.01. The van der Waals surface area contributed by atoms with Crippen LogP contribution in [0.15, 0.2) is 15.8 Å². The summed E-state index contributed by atoms with van der Waals surface area (Å²) in [5, 5.41) is 19.4. The SMILES string of the molecule is Cc1cn([C@H]2C[C@H](N3CCCC3)[C@@H]([C@H](O)CO)O2)c(=O)[nH]c1=O. The van der Waals surface area contributed by atoms with Gasteiger partial charge in [0.05, 0.1) is 6.61 Å². The quantitative estimate of drug-likeness (QED) is 0.652. The monoisotopic (exact) mass is 325 g/mol. The Morgan fingerprint density at radius 2 is 2.09 bits per heavy atom. The van der Waals surface area contributed by atoms with Crippen LogP contribution in [0.4, 0.5) is 0 Å². The number of rotatable bonds is 4. The van der Waals surface area contributed by atoms with Crippen molar-refractivity contribution >= 4 is 0 Å². The number of likely N-dealkylation sites (tertiary alicyclic amines) is 1. The third kappa shape index (κ3) is 3.12. The average molecular weight is 325 g/mol. The second kappa shape index (κ2) is 6.56. The van der Waals surface area contributed by atoms with Crippen molar-refractivity contribution in [3.05, 3.63) is 32.6 Å². The summed E-state index contributed by atoms with van der Waals surface area (Å²) in [4.78, 5) is 28.1. The Kier molecular flexibility index (Phi) is 4.67. The molecule has 2 aliphatic heterocycles. The summed E-state index contributed by atoms with van der Waals surface area (Å²) in [6, 6.07) is -0.0521. The second-order valence-corrected chi connectivity index (χ2v) is 6.33. The van der Waals surface area contributed by atoms with Gasteiger partial charge in [-0.1, -0.05) is 0 Å². The summed E-state index contributed by atoms with van der Waals surface area (Å²) in [5.41, 5.74) is -0.505. The van der Waals surface area contributed by atoms with E-state index in [9.17, 15) is 19.8 Å². The molecule has 2 fully saturated rings. The zero-order valence-electron chi connectivity index (χ0n) is 13.1. The number of hydrogen-bond acceptors (Lipinski definition) is 6. The van der Waals surface area contributed by atoms with Gasteiger partial charge in [-0.25, -0.2) is 4.79 Å². The molecule has 0 radical (unpaired) electrons. The van der Waals surface area contributed by atoms with E-state index in [1.165, 1.54) is 10.8 Å². The maximum atomic E-state index is 12.1. The fraction of sp³-hybridized carbons (Fsp3) is 0.733. The van der Waals surface area contributed by atoms with Crippen molar-refractivity contribution in [3.63, 3.8) is 0 Å². The van der Waals surface area contributed by atoms with Crippen molar-refractivity contribution in [1.29, 1.82) is 0 Å². The van der Waals surface area contributed by atoms with E-state index >= 15 is 0 Å². The molecule has 1 aromatic rings. The van der Waals surface area contributed by atoms with Gasteiger partial charge in [-0.15, -0.1) is 0 Å². The summed E-state index contributed by atoms with van der Waals surface area (Å²) >= 11 is 0. The number of aryl methyl sites for hydroxylation is 1. The van der Waals surface area contributed by atoms with Gasteiger partial charge in [0.15, 0.2) is 0 Å². The van der Waals surface area contributed by atoms with E-state index in [1.807, 2.05) is 0 Å². The van der Waals surface area contributed by atoms with Crippen LogP contribution < -0.4 is 11.2 Å². The van der Waals surface area contributed by atoms with E-state index in [0.29, 0.717) is 12.0 Å². The first-order valence-corrected chi connectivity index (χ1v) is 8.01. The molecule has 0 aliphatic carbocycles. The minimum absolute atomic E-state index is 0.0521. The Hall–Kier alpha value is -1.48. The van der Waals surface area contributed by atoms with E-state index in [-0.39, 0.29) is 12.6 Å². The molecular weight excluding hydrogens is 302 g/mol.